The van der Waals surface area contributed by atoms with Crippen LogP contribution in [0.25, 0.3) is 10.8 Å². The molecule has 0 spiro atoms. The maximum Gasteiger partial charge on any atom is 0.251 e. The number of rotatable bonds is 6. The van der Waals surface area contributed by atoms with Gasteiger partial charge in [0.15, 0.2) is 0 Å². The number of carbonyl (C=O) groups excluding carboxylic acids is 1. The number of hydrogen-bond acceptors (Lipinski definition) is 4. The third-order valence-electron chi connectivity index (χ3n) is 5.12. The number of fused-ring (bicyclic) bond motifs is 1. The van der Waals surface area contributed by atoms with E-state index in [1.54, 1.807) is 35.3 Å². The molecule has 2 heterocycles. The van der Waals surface area contributed by atoms with E-state index in [9.17, 15) is 9.18 Å². The molecule has 1 unspecified atom stereocenters. The van der Waals surface area contributed by atoms with E-state index < -0.39 is 5.82 Å². The minimum atomic E-state index is -0.481. The second kappa shape index (κ2) is 8.73. The summed E-state index contributed by atoms with van der Waals surface area (Å²) in [5.74, 6) is 0.767. The third-order valence-corrected chi connectivity index (χ3v) is 5.41. The molecule has 2 aromatic heterocycles. The molecule has 1 atom stereocenters. The Morgan fingerprint density at radius 1 is 1.16 bits per heavy atom. The van der Waals surface area contributed by atoms with E-state index >= 15 is 0 Å². The molecule has 1 amide bonds. The van der Waals surface area contributed by atoms with Crippen molar-refractivity contribution in [1.29, 1.82) is 0 Å². The Morgan fingerprint density at radius 2 is 2.00 bits per heavy atom. The van der Waals surface area contributed by atoms with Crippen LogP contribution < -0.4 is 10.6 Å². The number of anilines is 2. The summed E-state index contributed by atoms with van der Waals surface area (Å²) in [5.41, 5.74) is 1.28. The van der Waals surface area contributed by atoms with Crippen LogP contribution in [0.3, 0.4) is 0 Å². The van der Waals surface area contributed by atoms with Crippen molar-refractivity contribution >= 4 is 39.9 Å². The standard InChI is InChI=1S/C23H21ClFN5O/c1-3-20(14-6-7-19(25)18(24)11-14)28-23(31)15-4-5-16-13-26-21(12-17(16)10-15)29-22-8-9-27-30(22)2/h4-13,20H,3H2,1-2H3,(H,26,29)(H,28,31). The highest BCUT2D eigenvalue weighted by Gasteiger charge is 2.16. The van der Waals surface area contributed by atoms with E-state index in [0.29, 0.717) is 17.8 Å². The number of aryl methyl sites for hydroxylation is 1. The molecule has 0 saturated carbocycles. The summed E-state index contributed by atoms with van der Waals surface area (Å²) in [4.78, 5) is 17.3. The minimum absolute atomic E-state index is 0.0388. The number of nitrogens with one attached hydrogen (secondary N) is 2. The Kier molecular flexibility index (Phi) is 5.86. The number of nitrogens with zero attached hydrogens (tertiary/aromatic N) is 3. The number of aromatic nitrogens is 3. The van der Waals surface area contributed by atoms with Gasteiger partial charge in [0.05, 0.1) is 17.3 Å². The predicted molar refractivity (Wildman–Crippen MR) is 120 cm³/mol. The average molecular weight is 438 g/mol. The first-order chi connectivity index (χ1) is 14.9. The van der Waals surface area contributed by atoms with Crippen molar-refractivity contribution in [2.75, 3.05) is 5.32 Å². The molecule has 8 heteroatoms. The summed E-state index contributed by atoms with van der Waals surface area (Å²) < 4.78 is 15.2. The zero-order chi connectivity index (χ0) is 22.0. The fraction of sp³-hybridized carbons (Fsp3) is 0.174. The van der Waals surface area contributed by atoms with Crippen molar-refractivity contribution < 1.29 is 9.18 Å². The van der Waals surface area contributed by atoms with Gasteiger partial charge >= 0.3 is 0 Å². The number of halogens is 2. The van der Waals surface area contributed by atoms with Crippen molar-refractivity contribution in [2.45, 2.75) is 19.4 Å². The van der Waals surface area contributed by atoms with Crippen LogP contribution in [-0.2, 0) is 7.05 Å². The Bertz CT molecular complexity index is 1260. The maximum atomic E-state index is 13.5. The molecule has 2 aromatic carbocycles. The van der Waals surface area contributed by atoms with Crippen molar-refractivity contribution in [3.05, 3.63) is 82.9 Å². The van der Waals surface area contributed by atoms with Crippen LogP contribution in [0.15, 0.2) is 60.9 Å². The van der Waals surface area contributed by atoms with Crippen LogP contribution in [-0.4, -0.2) is 20.7 Å². The molecule has 31 heavy (non-hydrogen) atoms. The molecule has 0 aliphatic rings. The first kappa shape index (κ1) is 20.8. The largest absolute Gasteiger partial charge is 0.345 e. The topological polar surface area (TPSA) is 71.8 Å². The molecule has 6 nitrogen and oxygen atoms in total. The normalized spacial score (nSPS) is 12.0. The average Bonchev–Trinajstić information content (AvgIpc) is 3.17. The number of carbonyl (C=O) groups is 1. The fourth-order valence-electron chi connectivity index (χ4n) is 3.37. The molecular formula is C23H21ClFN5O. The summed E-state index contributed by atoms with van der Waals surface area (Å²) in [6.07, 6.45) is 4.10. The first-order valence-electron chi connectivity index (χ1n) is 9.85. The van der Waals surface area contributed by atoms with Crippen molar-refractivity contribution in [3.63, 3.8) is 0 Å². The minimum Gasteiger partial charge on any atom is -0.345 e. The van der Waals surface area contributed by atoms with Gasteiger partial charge in [0, 0.05) is 30.3 Å². The van der Waals surface area contributed by atoms with Crippen molar-refractivity contribution in [3.8, 4) is 0 Å². The summed E-state index contributed by atoms with van der Waals surface area (Å²) in [7, 11) is 1.84. The monoisotopic (exact) mass is 437 g/mol. The van der Waals surface area contributed by atoms with Gasteiger partial charge in [0.2, 0.25) is 0 Å². The molecule has 0 aliphatic heterocycles. The highest BCUT2D eigenvalue weighted by Crippen LogP contribution is 2.24. The molecule has 0 radical (unpaired) electrons. The second-order valence-electron chi connectivity index (χ2n) is 7.20. The van der Waals surface area contributed by atoms with E-state index in [1.807, 2.05) is 38.2 Å². The van der Waals surface area contributed by atoms with Gasteiger partial charge in [-0.15, -0.1) is 0 Å². The molecule has 0 fully saturated rings. The van der Waals surface area contributed by atoms with E-state index in [2.05, 4.69) is 20.7 Å². The Balaban J connectivity index is 1.56. The molecule has 0 aliphatic carbocycles. The summed E-state index contributed by atoms with van der Waals surface area (Å²) in [5, 5.41) is 12.2. The molecular weight excluding hydrogens is 417 g/mol. The van der Waals surface area contributed by atoms with Gasteiger partial charge in [-0.05, 0) is 47.7 Å². The molecule has 2 N–H and O–H groups in total. The van der Waals surface area contributed by atoms with Crippen LogP contribution in [0.4, 0.5) is 16.0 Å². The van der Waals surface area contributed by atoms with Crippen LogP contribution >= 0.6 is 11.6 Å². The van der Waals surface area contributed by atoms with Gasteiger partial charge in [0.1, 0.15) is 17.5 Å². The highest BCUT2D eigenvalue weighted by molar-refractivity contribution is 6.30. The molecule has 4 aromatic rings. The lowest BCUT2D eigenvalue weighted by atomic mass is 10.0. The number of hydrogen-bond donors (Lipinski definition) is 2. The van der Waals surface area contributed by atoms with E-state index in [-0.39, 0.29) is 17.0 Å². The fourth-order valence-corrected chi connectivity index (χ4v) is 3.56. The number of pyridine rings is 1. The summed E-state index contributed by atoms with van der Waals surface area (Å²) in [6.45, 7) is 1.95. The van der Waals surface area contributed by atoms with Gasteiger partial charge in [-0.25, -0.2) is 9.37 Å². The van der Waals surface area contributed by atoms with Crippen LogP contribution in [0.1, 0.15) is 35.3 Å². The lowest BCUT2D eigenvalue weighted by molar-refractivity contribution is 0.0935. The lowest BCUT2D eigenvalue weighted by Crippen LogP contribution is -2.28. The molecule has 4 rings (SSSR count). The highest BCUT2D eigenvalue weighted by atomic mass is 35.5. The molecule has 0 bridgehead atoms. The van der Waals surface area contributed by atoms with Crippen LogP contribution in [0, 0.1) is 5.82 Å². The van der Waals surface area contributed by atoms with Gasteiger partial charge in [-0.1, -0.05) is 30.7 Å². The third kappa shape index (κ3) is 4.51. The maximum absolute atomic E-state index is 13.5. The van der Waals surface area contributed by atoms with E-state index in [4.69, 9.17) is 11.6 Å². The SMILES string of the molecule is CCC(NC(=O)c1ccc2cnc(Nc3ccnn3C)cc2c1)c1ccc(F)c(Cl)c1. The summed E-state index contributed by atoms with van der Waals surface area (Å²) >= 11 is 5.90. The van der Waals surface area contributed by atoms with Crippen molar-refractivity contribution in [1.82, 2.24) is 20.1 Å². The molecule has 158 valence electrons. The van der Waals surface area contributed by atoms with Gasteiger partial charge in [-0.2, -0.15) is 5.10 Å². The quantitative estimate of drug-likeness (QED) is 0.424. The van der Waals surface area contributed by atoms with Crippen molar-refractivity contribution in [2.24, 2.45) is 7.05 Å². The Labute approximate surface area is 184 Å². The van der Waals surface area contributed by atoms with Gasteiger partial charge < -0.3 is 10.6 Å². The first-order valence-corrected chi connectivity index (χ1v) is 10.2. The zero-order valence-corrected chi connectivity index (χ0v) is 17.8. The zero-order valence-electron chi connectivity index (χ0n) is 17.1. The van der Waals surface area contributed by atoms with Crippen LogP contribution in [0.2, 0.25) is 5.02 Å². The predicted octanol–water partition coefficient (Wildman–Crippen LogP) is 5.39. The number of amides is 1. The molecule has 0 saturated heterocycles. The number of benzene rings is 2. The lowest BCUT2D eigenvalue weighted by Gasteiger charge is -2.18. The Morgan fingerprint density at radius 3 is 2.71 bits per heavy atom. The Hall–Kier alpha value is -3.45. The van der Waals surface area contributed by atoms with E-state index in [1.165, 1.54) is 6.07 Å². The van der Waals surface area contributed by atoms with Crippen LogP contribution in [0.5, 0.6) is 0 Å². The summed E-state index contributed by atoms with van der Waals surface area (Å²) in [6, 6.07) is 13.4. The second-order valence-corrected chi connectivity index (χ2v) is 7.61. The van der Waals surface area contributed by atoms with Gasteiger partial charge in [0.25, 0.3) is 5.91 Å². The van der Waals surface area contributed by atoms with E-state index in [0.717, 1.165) is 22.2 Å². The van der Waals surface area contributed by atoms with Gasteiger partial charge in [-0.3, -0.25) is 9.48 Å². The smallest absolute Gasteiger partial charge is 0.251 e.